The first kappa shape index (κ1) is 14.0. The summed E-state index contributed by atoms with van der Waals surface area (Å²) >= 11 is 3.57. The lowest BCUT2D eigenvalue weighted by Crippen LogP contribution is -2.57. The van der Waals surface area contributed by atoms with E-state index in [2.05, 4.69) is 59.4 Å². The average Bonchev–Trinajstić information content (AvgIpc) is 2.28. The van der Waals surface area contributed by atoms with E-state index in [9.17, 15) is 0 Å². The average molecular weight is 312 g/mol. The Labute approximate surface area is 118 Å². The van der Waals surface area contributed by atoms with Crippen LogP contribution in [0.2, 0.25) is 0 Å². The van der Waals surface area contributed by atoms with Crippen LogP contribution in [0.1, 0.15) is 32.3 Å². The molecule has 2 rings (SSSR count). The summed E-state index contributed by atoms with van der Waals surface area (Å²) in [4.78, 5) is 0. The molecule has 0 radical (unpaired) electrons. The zero-order valence-electron chi connectivity index (χ0n) is 11.4. The third-order valence-corrected chi connectivity index (χ3v) is 4.62. The summed E-state index contributed by atoms with van der Waals surface area (Å²) in [5.74, 6) is 0. The molecular formula is C15H22BrNO. The number of halogens is 1. The van der Waals surface area contributed by atoms with Crippen LogP contribution in [0.3, 0.4) is 0 Å². The number of hydrogen-bond acceptors (Lipinski definition) is 2. The van der Waals surface area contributed by atoms with Gasteiger partial charge in [-0.05, 0) is 44.4 Å². The van der Waals surface area contributed by atoms with Crippen molar-refractivity contribution in [3.05, 3.63) is 34.3 Å². The van der Waals surface area contributed by atoms with Crippen molar-refractivity contribution in [2.24, 2.45) is 0 Å². The quantitative estimate of drug-likeness (QED) is 0.898. The van der Waals surface area contributed by atoms with Crippen LogP contribution in [0.4, 0.5) is 0 Å². The van der Waals surface area contributed by atoms with Crippen molar-refractivity contribution in [3.8, 4) is 0 Å². The normalized spacial score (nSPS) is 18.4. The molecule has 0 saturated carbocycles. The van der Waals surface area contributed by atoms with Crippen LogP contribution in [-0.2, 0) is 10.2 Å². The SMILES string of the molecule is COC(C)(C)CCC1(c2cccc(Br)c2)CNC1. The Morgan fingerprint density at radius 2 is 2.11 bits per heavy atom. The molecule has 0 aromatic heterocycles. The molecule has 0 spiro atoms. The van der Waals surface area contributed by atoms with E-state index in [1.54, 1.807) is 7.11 Å². The summed E-state index contributed by atoms with van der Waals surface area (Å²) < 4.78 is 6.70. The third-order valence-electron chi connectivity index (χ3n) is 4.12. The van der Waals surface area contributed by atoms with Crippen LogP contribution >= 0.6 is 15.9 Å². The molecule has 2 nitrogen and oxygen atoms in total. The smallest absolute Gasteiger partial charge is 0.0623 e. The van der Waals surface area contributed by atoms with E-state index in [4.69, 9.17) is 4.74 Å². The minimum atomic E-state index is -0.0331. The van der Waals surface area contributed by atoms with Gasteiger partial charge >= 0.3 is 0 Å². The molecule has 1 aliphatic rings. The Morgan fingerprint density at radius 3 is 2.61 bits per heavy atom. The Balaban J connectivity index is 2.12. The fourth-order valence-corrected chi connectivity index (χ4v) is 2.81. The molecule has 0 unspecified atom stereocenters. The van der Waals surface area contributed by atoms with Gasteiger partial charge in [0.1, 0.15) is 0 Å². The van der Waals surface area contributed by atoms with Crippen molar-refractivity contribution in [2.75, 3.05) is 20.2 Å². The van der Waals surface area contributed by atoms with Crippen molar-refractivity contribution in [1.29, 1.82) is 0 Å². The van der Waals surface area contributed by atoms with Crippen LogP contribution in [-0.4, -0.2) is 25.8 Å². The van der Waals surface area contributed by atoms with Gasteiger partial charge in [-0.3, -0.25) is 0 Å². The topological polar surface area (TPSA) is 21.3 Å². The van der Waals surface area contributed by atoms with Crippen molar-refractivity contribution < 1.29 is 4.74 Å². The molecule has 1 heterocycles. The van der Waals surface area contributed by atoms with Crippen molar-refractivity contribution in [3.63, 3.8) is 0 Å². The van der Waals surface area contributed by atoms with Crippen molar-refractivity contribution >= 4 is 15.9 Å². The molecule has 1 aromatic carbocycles. The summed E-state index contributed by atoms with van der Waals surface area (Å²) in [6.07, 6.45) is 2.25. The molecular weight excluding hydrogens is 290 g/mol. The predicted octanol–water partition coefficient (Wildman–Crippen LogP) is 3.50. The molecule has 1 N–H and O–H groups in total. The monoisotopic (exact) mass is 311 g/mol. The lowest BCUT2D eigenvalue weighted by atomic mass is 9.70. The lowest BCUT2D eigenvalue weighted by molar-refractivity contribution is 0.00566. The summed E-state index contributed by atoms with van der Waals surface area (Å²) in [5, 5.41) is 3.42. The summed E-state index contributed by atoms with van der Waals surface area (Å²) in [7, 11) is 1.80. The number of ether oxygens (including phenoxy) is 1. The number of nitrogens with one attached hydrogen (secondary N) is 1. The van der Waals surface area contributed by atoms with E-state index in [-0.39, 0.29) is 5.60 Å². The van der Waals surface area contributed by atoms with Gasteiger partial charge in [-0.1, -0.05) is 28.1 Å². The maximum absolute atomic E-state index is 5.53. The lowest BCUT2D eigenvalue weighted by Gasteiger charge is -2.45. The first-order valence-corrected chi connectivity index (χ1v) is 7.29. The van der Waals surface area contributed by atoms with Crippen LogP contribution in [0, 0.1) is 0 Å². The highest BCUT2D eigenvalue weighted by molar-refractivity contribution is 9.10. The molecule has 1 fully saturated rings. The van der Waals surface area contributed by atoms with Gasteiger partial charge in [0, 0.05) is 30.1 Å². The van der Waals surface area contributed by atoms with Gasteiger partial charge in [-0.2, -0.15) is 0 Å². The first-order valence-electron chi connectivity index (χ1n) is 6.49. The Bertz CT molecular complexity index is 413. The largest absolute Gasteiger partial charge is 0.379 e. The molecule has 18 heavy (non-hydrogen) atoms. The van der Waals surface area contributed by atoms with E-state index in [1.807, 2.05) is 0 Å². The highest BCUT2D eigenvalue weighted by atomic mass is 79.9. The second-order valence-electron chi connectivity index (χ2n) is 5.86. The molecule has 0 amide bonds. The molecule has 3 heteroatoms. The van der Waals surface area contributed by atoms with Gasteiger partial charge < -0.3 is 10.1 Å². The van der Waals surface area contributed by atoms with Gasteiger partial charge in [-0.15, -0.1) is 0 Å². The molecule has 1 aromatic rings. The molecule has 0 aliphatic carbocycles. The molecule has 100 valence electrons. The van der Waals surface area contributed by atoms with Gasteiger partial charge in [0.2, 0.25) is 0 Å². The van der Waals surface area contributed by atoms with Crippen molar-refractivity contribution in [1.82, 2.24) is 5.32 Å². The molecule has 0 bridgehead atoms. The minimum Gasteiger partial charge on any atom is -0.379 e. The first-order chi connectivity index (χ1) is 8.47. The van der Waals surface area contributed by atoms with E-state index in [1.165, 1.54) is 5.56 Å². The zero-order valence-corrected chi connectivity index (χ0v) is 13.0. The fraction of sp³-hybridized carbons (Fsp3) is 0.600. The zero-order chi connectivity index (χ0) is 13.2. The third kappa shape index (κ3) is 2.95. The highest BCUT2D eigenvalue weighted by Crippen LogP contribution is 2.36. The van der Waals surface area contributed by atoms with E-state index >= 15 is 0 Å². The standard InChI is InChI=1S/C15H22BrNO/c1-14(2,18-3)7-8-15(10-17-11-15)12-5-4-6-13(16)9-12/h4-6,9,17H,7-8,10-11H2,1-3H3. The van der Waals surface area contributed by atoms with Crippen LogP contribution in [0.15, 0.2) is 28.7 Å². The number of benzene rings is 1. The number of rotatable bonds is 5. The second-order valence-corrected chi connectivity index (χ2v) is 6.77. The van der Waals surface area contributed by atoms with E-state index in [0.29, 0.717) is 5.41 Å². The van der Waals surface area contributed by atoms with Crippen LogP contribution in [0.25, 0.3) is 0 Å². The second kappa shape index (κ2) is 5.32. The Hall–Kier alpha value is -0.380. The van der Waals surface area contributed by atoms with Crippen LogP contribution < -0.4 is 5.32 Å². The fourth-order valence-electron chi connectivity index (χ4n) is 2.41. The number of methoxy groups -OCH3 is 1. The summed E-state index contributed by atoms with van der Waals surface area (Å²) in [6, 6.07) is 8.70. The minimum absolute atomic E-state index is 0.0331. The van der Waals surface area contributed by atoms with Crippen molar-refractivity contribution in [2.45, 2.75) is 37.7 Å². The predicted molar refractivity (Wildman–Crippen MR) is 79.0 cm³/mol. The maximum Gasteiger partial charge on any atom is 0.0623 e. The van der Waals surface area contributed by atoms with Gasteiger partial charge in [0.15, 0.2) is 0 Å². The van der Waals surface area contributed by atoms with Gasteiger partial charge in [-0.25, -0.2) is 0 Å². The van der Waals surface area contributed by atoms with Gasteiger partial charge in [0.05, 0.1) is 5.60 Å². The summed E-state index contributed by atoms with van der Waals surface area (Å²) in [5.41, 5.74) is 1.69. The summed E-state index contributed by atoms with van der Waals surface area (Å²) in [6.45, 7) is 6.47. The molecule has 0 atom stereocenters. The van der Waals surface area contributed by atoms with E-state index in [0.717, 1.165) is 30.4 Å². The molecule has 1 aliphatic heterocycles. The van der Waals surface area contributed by atoms with E-state index < -0.39 is 0 Å². The Kier molecular flexibility index (Phi) is 4.15. The highest BCUT2D eigenvalue weighted by Gasteiger charge is 2.39. The molecule has 1 saturated heterocycles. The van der Waals surface area contributed by atoms with Crippen LogP contribution in [0.5, 0.6) is 0 Å². The van der Waals surface area contributed by atoms with Gasteiger partial charge in [0.25, 0.3) is 0 Å². The maximum atomic E-state index is 5.53. The Morgan fingerprint density at radius 1 is 1.39 bits per heavy atom. The number of hydrogen-bond donors (Lipinski definition) is 1.